The van der Waals surface area contributed by atoms with Gasteiger partial charge in [-0.3, -0.25) is 19.2 Å². The van der Waals surface area contributed by atoms with Crippen LogP contribution in [0, 0.1) is 17.8 Å². The van der Waals surface area contributed by atoms with Crippen LogP contribution in [0.1, 0.15) is 38.3 Å². The van der Waals surface area contributed by atoms with Crippen molar-refractivity contribution in [3.63, 3.8) is 0 Å². The number of fused-ring (bicyclic) bond motifs is 2. The molecule has 10 nitrogen and oxygen atoms in total. The van der Waals surface area contributed by atoms with Gasteiger partial charge >= 0.3 is 5.97 Å². The Morgan fingerprint density at radius 3 is 2.45 bits per heavy atom. The van der Waals surface area contributed by atoms with Gasteiger partial charge < -0.3 is 29.7 Å². The van der Waals surface area contributed by atoms with Crippen molar-refractivity contribution in [1.29, 1.82) is 0 Å². The number of hydrogen-bond donors (Lipinski definition) is 2. The van der Waals surface area contributed by atoms with Gasteiger partial charge in [0.25, 0.3) is 5.91 Å². The van der Waals surface area contributed by atoms with Crippen LogP contribution in [0.3, 0.4) is 0 Å². The van der Waals surface area contributed by atoms with E-state index >= 15 is 0 Å². The third kappa shape index (κ3) is 6.03. The Bertz CT molecular complexity index is 1600. The maximum atomic E-state index is 15.0. The first-order valence-electron chi connectivity index (χ1n) is 15.8. The van der Waals surface area contributed by atoms with Crippen LogP contribution >= 0.6 is 27.5 Å². The molecule has 12 heteroatoms. The minimum absolute atomic E-state index is 0.102. The molecule has 2 saturated heterocycles. The van der Waals surface area contributed by atoms with E-state index in [1.807, 2.05) is 44.2 Å². The van der Waals surface area contributed by atoms with Crippen molar-refractivity contribution >= 4 is 56.9 Å². The van der Waals surface area contributed by atoms with Gasteiger partial charge in [0.15, 0.2) is 0 Å². The van der Waals surface area contributed by atoms with Crippen molar-refractivity contribution < 1.29 is 33.8 Å². The highest BCUT2D eigenvalue weighted by atomic mass is 79.9. The summed E-state index contributed by atoms with van der Waals surface area (Å²) in [7, 11) is 0. The van der Waals surface area contributed by atoms with Gasteiger partial charge in [-0.05, 0) is 48.2 Å². The number of nitrogens with zero attached hydrogens (tertiary/aromatic N) is 2. The molecule has 2 N–H and O–H groups in total. The molecule has 0 radical (unpaired) electrons. The summed E-state index contributed by atoms with van der Waals surface area (Å²) in [5.41, 5.74) is -0.223. The van der Waals surface area contributed by atoms with Crippen molar-refractivity contribution in [2.24, 2.45) is 17.8 Å². The number of halogens is 2. The van der Waals surface area contributed by atoms with E-state index in [0.29, 0.717) is 21.6 Å². The lowest BCUT2D eigenvalue weighted by molar-refractivity contribution is -0.147. The van der Waals surface area contributed by atoms with Gasteiger partial charge in [0.2, 0.25) is 11.8 Å². The van der Waals surface area contributed by atoms with Crippen molar-refractivity contribution in [2.45, 2.75) is 56.5 Å². The Morgan fingerprint density at radius 1 is 1.04 bits per heavy atom. The number of allylic oxidation sites excluding steroid dienone is 1. The molecule has 1 spiro atoms. The van der Waals surface area contributed by atoms with E-state index in [9.17, 15) is 24.3 Å². The predicted octanol–water partition coefficient (Wildman–Crippen LogP) is 4.31. The van der Waals surface area contributed by atoms with E-state index in [1.165, 1.54) is 9.80 Å². The number of aliphatic hydroxyl groups is 1. The zero-order chi connectivity index (χ0) is 33.5. The van der Waals surface area contributed by atoms with Crippen LogP contribution in [0.15, 0.2) is 77.3 Å². The fourth-order valence-corrected chi connectivity index (χ4v) is 8.09. The van der Waals surface area contributed by atoms with E-state index in [-0.39, 0.29) is 32.1 Å². The molecule has 5 bridgehead atoms. The SMILES string of the molecule is CC(C)[C@H](CO)N1C(=O)[C@H]2[C@@H]3C(=O)N[C@H](c4ccccc4)COC(=O)CC/C=C\CN(c4ccc(Cl)cc4)C(=O)[C@H]1[C@@]21C=C(Br)[C@@H]3O1. The quantitative estimate of drug-likeness (QED) is 0.348. The number of rotatable bonds is 5. The lowest BCUT2D eigenvalue weighted by atomic mass is 9.74. The number of ether oxygens (including phenoxy) is 2. The monoisotopic (exact) mass is 725 g/mol. The van der Waals surface area contributed by atoms with Gasteiger partial charge in [0, 0.05) is 28.2 Å². The topological polar surface area (TPSA) is 125 Å². The molecule has 4 aliphatic rings. The maximum absolute atomic E-state index is 15.0. The van der Waals surface area contributed by atoms with Gasteiger partial charge in [0.1, 0.15) is 24.4 Å². The second-order valence-electron chi connectivity index (χ2n) is 12.7. The summed E-state index contributed by atoms with van der Waals surface area (Å²) in [6, 6.07) is 13.3. The van der Waals surface area contributed by atoms with Crippen LogP contribution in [0.25, 0.3) is 0 Å². The van der Waals surface area contributed by atoms with Crippen LogP contribution in [0.4, 0.5) is 5.69 Å². The zero-order valence-electron chi connectivity index (χ0n) is 26.1. The Labute approximate surface area is 286 Å². The minimum Gasteiger partial charge on any atom is -0.463 e. The summed E-state index contributed by atoms with van der Waals surface area (Å²) in [5.74, 6) is -4.04. The largest absolute Gasteiger partial charge is 0.463 e. The number of carbonyl (C=O) groups is 4. The number of cyclic esters (lactones) is 1. The number of hydrogen-bond acceptors (Lipinski definition) is 7. The van der Waals surface area contributed by atoms with E-state index in [0.717, 1.165) is 5.56 Å². The highest BCUT2D eigenvalue weighted by Gasteiger charge is 2.75. The van der Waals surface area contributed by atoms with Crippen molar-refractivity contribution in [1.82, 2.24) is 10.2 Å². The van der Waals surface area contributed by atoms with E-state index in [4.69, 9.17) is 21.1 Å². The lowest BCUT2D eigenvalue weighted by Gasteiger charge is -2.40. The average Bonchev–Trinajstić information content (AvgIpc) is 3.65. The summed E-state index contributed by atoms with van der Waals surface area (Å²) >= 11 is 9.78. The van der Waals surface area contributed by atoms with Crippen molar-refractivity contribution in [3.05, 3.63) is 87.9 Å². The fraction of sp³-hybridized carbons (Fsp3) is 0.429. The molecular formula is C35H37BrClN3O7. The number of nitrogens with one attached hydrogen (secondary N) is 1. The molecular weight excluding hydrogens is 690 g/mol. The molecule has 2 aromatic carbocycles. The number of likely N-dealkylation sites (tertiary alicyclic amines) is 1. The van der Waals surface area contributed by atoms with Crippen molar-refractivity contribution in [2.75, 3.05) is 24.7 Å². The summed E-state index contributed by atoms with van der Waals surface area (Å²) < 4.78 is 12.8. The van der Waals surface area contributed by atoms with Crippen LogP contribution in [0.2, 0.25) is 5.02 Å². The molecule has 7 atom stereocenters. The molecule has 248 valence electrons. The van der Waals surface area contributed by atoms with E-state index < -0.39 is 65.4 Å². The number of amides is 3. The summed E-state index contributed by atoms with van der Waals surface area (Å²) in [6.07, 6.45) is 5.00. The molecule has 47 heavy (non-hydrogen) atoms. The minimum atomic E-state index is -1.49. The zero-order valence-corrected chi connectivity index (χ0v) is 28.4. The molecule has 0 aromatic heterocycles. The molecule has 2 fully saturated rings. The highest BCUT2D eigenvalue weighted by Crippen LogP contribution is 2.59. The second-order valence-corrected chi connectivity index (χ2v) is 14.0. The van der Waals surface area contributed by atoms with Crippen LogP contribution in [0.5, 0.6) is 0 Å². The predicted molar refractivity (Wildman–Crippen MR) is 178 cm³/mol. The summed E-state index contributed by atoms with van der Waals surface area (Å²) in [5, 5.41) is 14.1. The number of carbonyl (C=O) groups excluding carboxylic acids is 4. The van der Waals surface area contributed by atoms with Gasteiger partial charge in [-0.1, -0.05) is 83.9 Å². The number of benzene rings is 2. The van der Waals surface area contributed by atoms with Gasteiger partial charge in [-0.15, -0.1) is 0 Å². The number of esters is 1. The van der Waals surface area contributed by atoms with Crippen LogP contribution in [-0.4, -0.2) is 77.2 Å². The Balaban J connectivity index is 1.49. The smallest absolute Gasteiger partial charge is 0.306 e. The molecule has 4 aliphatic heterocycles. The van der Waals surface area contributed by atoms with Crippen molar-refractivity contribution in [3.8, 4) is 0 Å². The maximum Gasteiger partial charge on any atom is 0.306 e. The third-order valence-corrected chi connectivity index (χ3v) is 10.5. The molecule has 2 aromatic rings. The third-order valence-electron chi connectivity index (χ3n) is 9.52. The number of aliphatic hydroxyl groups excluding tert-OH is 1. The molecule has 0 saturated carbocycles. The first kappa shape index (κ1) is 33.4. The first-order valence-corrected chi connectivity index (χ1v) is 17.0. The van der Waals surface area contributed by atoms with Gasteiger partial charge in [-0.25, -0.2) is 0 Å². The summed E-state index contributed by atoms with van der Waals surface area (Å²) in [6.45, 7) is 3.38. The summed E-state index contributed by atoms with van der Waals surface area (Å²) in [4.78, 5) is 59.6. The fourth-order valence-electron chi connectivity index (χ4n) is 7.23. The van der Waals surface area contributed by atoms with E-state index in [1.54, 1.807) is 42.5 Å². The van der Waals surface area contributed by atoms with Gasteiger partial charge in [-0.2, -0.15) is 0 Å². The standard InChI is InChI=1S/C35H37BrClN3O7/c1-20(2)26(18-41)40-31-34(45)39(23-14-12-22(37)13-15-23)16-8-4-7-11-27(42)46-19-25(21-9-5-3-6-10-21)38-32(43)28-29(33(40)44)35(31)17-24(36)30(28)47-35/h3-6,8-10,12-15,17,20,25-26,28-31,41H,7,11,16,18-19H2,1-2H3,(H,38,43)/b8-4-/t25-,26-,28-,29+,30-,31-,35+/m0/s1. The highest BCUT2D eigenvalue weighted by molar-refractivity contribution is 9.11. The van der Waals surface area contributed by atoms with Crippen LogP contribution in [-0.2, 0) is 28.7 Å². The molecule has 0 unspecified atom stereocenters. The van der Waals surface area contributed by atoms with Crippen LogP contribution < -0.4 is 10.2 Å². The van der Waals surface area contributed by atoms with E-state index in [2.05, 4.69) is 21.2 Å². The Kier molecular flexibility index (Phi) is 9.62. The molecule has 6 rings (SSSR count). The number of anilines is 1. The molecule has 3 amide bonds. The molecule has 0 aliphatic carbocycles. The Morgan fingerprint density at radius 2 is 1.77 bits per heavy atom. The lowest BCUT2D eigenvalue weighted by Crippen LogP contribution is -2.59. The average molecular weight is 727 g/mol. The van der Waals surface area contributed by atoms with Gasteiger partial charge in [0.05, 0.1) is 30.5 Å². The Hall–Kier alpha value is -3.51. The first-order chi connectivity index (χ1) is 22.6. The second kappa shape index (κ2) is 13.5. The normalized spacial score (nSPS) is 31.0. The molecule has 4 heterocycles.